The molecule has 10 nitrogen and oxygen atoms in total. The largest absolute Gasteiger partial charge is 0.495 e. The van der Waals surface area contributed by atoms with Crippen molar-refractivity contribution in [2.24, 2.45) is 0 Å². The van der Waals surface area contributed by atoms with Gasteiger partial charge in [-0.25, -0.2) is 19.4 Å². The molecule has 1 aliphatic rings. The van der Waals surface area contributed by atoms with Gasteiger partial charge < -0.3 is 14.5 Å². The van der Waals surface area contributed by atoms with Gasteiger partial charge >= 0.3 is 5.69 Å². The Kier molecular flexibility index (Phi) is 8.43. The molecule has 0 bridgehead atoms. The summed E-state index contributed by atoms with van der Waals surface area (Å²) in [6.45, 7) is 8.93. The van der Waals surface area contributed by atoms with Crippen LogP contribution in [0.5, 0.6) is 5.75 Å². The van der Waals surface area contributed by atoms with Gasteiger partial charge in [-0.3, -0.25) is 9.78 Å². The fourth-order valence-electron chi connectivity index (χ4n) is 4.97. The average molecular weight is 530 g/mol. The molecule has 39 heavy (non-hydrogen) atoms. The number of carbonyl (C=O) groups excluding carboxylic acids is 1. The molecule has 1 saturated heterocycles. The quantitative estimate of drug-likeness (QED) is 0.328. The first-order valence-corrected chi connectivity index (χ1v) is 12.9. The number of ketones is 1. The van der Waals surface area contributed by atoms with Gasteiger partial charge in [-0.05, 0) is 44.4 Å². The summed E-state index contributed by atoms with van der Waals surface area (Å²) >= 11 is 0. The summed E-state index contributed by atoms with van der Waals surface area (Å²) < 4.78 is 7.09. The van der Waals surface area contributed by atoms with E-state index >= 15 is 0 Å². The van der Waals surface area contributed by atoms with Gasteiger partial charge in [0.05, 0.1) is 18.8 Å². The van der Waals surface area contributed by atoms with Crippen LogP contribution in [0.2, 0.25) is 0 Å². The predicted octanol–water partition coefficient (Wildman–Crippen LogP) is 3.96. The Morgan fingerprint density at radius 1 is 1.21 bits per heavy atom. The highest BCUT2D eigenvalue weighted by Gasteiger charge is 2.25. The van der Waals surface area contributed by atoms with E-state index in [1.54, 1.807) is 25.3 Å². The van der Waals surface area contributed by atoms with Crippen LogP contribution in [0.3, 0.4) is 0 Å². The summed E-state index contributed by atoms with van der Waals surface area (Å²) in [4.78, 5) is 41.7. The lowest BCUT2D eigenvalue weighted by Gasteiger charge is -2.32. The molecule has 1 aliphatic heterocycles. The van der Waals surface area contributed by atoms with Gasteiger partial charge in [-0.15, -0.1) is 5.10 Å². The number of hydrogen-bond donors (Lipinski definition) is 1. The van der Waals surface area contributed by atoms with Crippen LogP contribution in [0.25, 0.3) is 5.57 Å². The highest BCUT2D eigenvalue weighted by Crippen LogP contribution is 2.33. The molecule has 3 heterocycles. The number of aromatic nitrogens is 5. The number of H-pyrrole nitrogens is 1. The first kappa shape index (κ1) is 27.6. The number of rotatable bonds is 9. The Morgan fingerprint density at radius 3 is 2.59 bits per heavy atom. The minimum Gasteiger partial charge on any atom is -0.495 e. The van der Waals surface area contributed by atoms with Crippen molar-refractivity contribution < 1.29 is 9.53 Å². The molecule has 0 unspecified atom stereocenters. The van der Waals surface area contributed by atoms with Gasteiger partial charge in [-0.2, -0.15) is 0 Å². The molecule has 0 saturated carbocycles. The third kappa shape index (κ3) is 5.84. The van der Waals surface area contributed by atoms with Crippen LogP contribution in [-0.4, -0.2) is 64.8 Å². The van der Waals surface area contributed by atoms with Crippen molar-refractivity contribution in [1.29, 1.82) is 0 Å². The number of nitrogens with one attached hydrogen (secondary N) is 1. The third-order valence-corrected chi connectivity index (χ3v) is 6.77. The van der Waals surface area contributed by atoms with E-state index in [9.17, 15) is 9.59 Å². The number of aromatic amines is 1. The Hall–Kier alpha value is -4.47. The fraction of sp³-hybridized carbons (Fsp3) is 0.345. The summed E-state index contributed by atoms with van der Waals surface area (Å²) in [5, 5.41) is 4.56. The maximum Gasteiger partial charge on any atom is 0.343 e. The Morgan fingerprint density at radius 2 is 1.95 bits per heavy atom. The molecule has 0 aliphatic carbocycles. The van der Waals surface area contributed by atoms with E-state index in [0.717, 1.165) is 16.8 Å². The fourth-order valence-corrected chi connectivity index (χ4v) is 4.97. The highest BCUT2D eigenvalue weighted by molar-refractivity contribution is 6.08. The molecule has 3 aromatic rings. The number of piperidine rings is 1. The number of allylic oxidation sites excluding steroid dienone is 5. The molecule has 1 N–H and O–H groups in total. The number of anilines is 2. The van der Waals surface area contributed by atoms with E-state index in [1.165, 1.54) is 11.0 Å². The van der Waals surface area contributed by atoms with Crippen molar-refractivity contribution in [2.75, 3.05) is 44.1 Å². The lowest BCUT2D eigenvalue weighted by molar-refractivity contribution is 0.103. The van der Waals surface area contributed by atoms with Crippen LogP contribution < -0.4 is 20.2 Å². The van der Waals surface area contributed by atoms with Crippen molar-refractivity contribution in [3.8, 4) is 5.75 Å². The van der Waals surface area contributed by atoms with Crippen molar-refractivity contribution in [3.63, 3.8) is 0 Å². The third-order valence-electron chi connectivity index (χ3n) is 6.77. The average Bonchev–Trinajstić information content (AvgIpc) is 3.33. The van der Waals surface area contributed by atoms with E-state index in [-0.39, 0.29) is 17.5 Å². The van der Waals surface area contributed by atoms with E-state index in [2.05, 4.69) is 31.5 Å². The van der Waals surface area contributed by atoms with Gasteiger partial charge in [0.25, 0.3) is 0 Å². The molecule has 4 rings (SSSR count). The lowest BCUT2D eigenvalue weighted by Crippen LogP contribution is -2.38. The van der Waals surface area contributed by atoms with Gasteiger partial charge in [0.15, 0.2) is 5.82 Å². The number of hydrogen-bond acceptors (Lipinski definition) is 8. The van der Waals surface area contributed by atoms with E-state index in [1.807, 2.05) is 57.1 Å². The second-order valence-corrected chi connectivity index (χ2v) is 9.63. The maximum atomic E-state index is 13.4. The second-order valence-electron chi connectivity index (χ2n) is 9.63. The van der Waals surface area contributed by atoms with Gasteiger partial charge in [0.2, 0.25) is 5.78 Å². The molecule has 1 fully saturated rings. The van der Waals surface area contributed by atoms with E-state index in [0.29, 0.717) is 54.6 Å². The molecule has 0 radical (unpaired) electrons. The molecule has 204 valence electrons. The topological polar surface area (TPSA) is 109 Å². The monoisotopic (exact) mass is 529 g/mol. The van der Waals surface area contributed by atoms with Gasteiger partial charge in [0.1, 0.15) is 23.6 Å². The minimum absolute atomic E-state index is 0.0390. The molecule has 0 spiro atoms. The van der Waals surface area contributed by atoms with Crippen molar-refractivity contribution in [2.45, 2.75) is 32.7 Å². The molecule has 10 heteroatoms. The SMILES string of the molecule is C=C/C=C(\C=C/C)c1nn(C2CCN(c3cc(C(=O)c4cc(C)c(N(C)C)c(OC)c4)ncn3)CC2)c(=O)[nH]1. The molecular formula is C29H35N7O3. The predicted molar refractivity (Wildman–Crippen MR) is 154 cm³/mol. The lowest BCUT2D eigenvalue weighted by atomic mass is 10.0. The highest BCUT2D eigenvalue weighted by atomic mass is 16.5. The summed E-state index contributed by atoms with van der Waals surface area (Å²) in [6.07, 6.45) is 10.1. The van der Waals surface area contributed by atoms with Crippen LogP contribution in [0.4, 0.5) is 11.5 Å². The number of methoxy groups -OCH3 is 1. The number of benzene rings is 1. The van der Waals surface area contributed by atoms with Crippen molar-refractivity contribution >= 4 is 22.9 Å². The Bertz CT molecular complexity index is 1470. The smallest absolute Gasteiger partial charge is 0.343 e. The number of carbonyl (C=O) groups is 1. The molecule has 0 amide bonds. The maximum absolute atomic E-state index is 13.4. The first-order valence-electron chi connectivity index (χ1n) is 12.9. The van der Waals surface area contributed by atoms with Gasteiger partial charge in [0, 0.05) is 44.4 Å². The Labute approximate surface area is 228 Å². The summed E-state index contributed by atoms with van der Waals surface area (Å²) in [5.74, 6) is 1.64. The van der Waals surface area contributed by atoms with Crippen molar-refractivity contribution in [1.82, 2.24) is 24.7 Å². The number of nitrogens with zero attached hydrogens (tertiary/aromatic N) is 6. The van der Waals surface area contributed by atoms with Crippen LogP contribution >= 0.6 is 0 Å². The molecule has 2 aromatic heterocycles. The normalized spacial score (nSPS) is 14.6. The van der Waals surface area contributed by atoms with Gasteiger partial charge in [-0.1, -0.05) is 30.9 Å². The van der Waals surface area contributed by atoms with Crippen LogP contribution in [-0.2, 0) is 0 Å². The zero-order valence-corrected chi connectivity index (χ0v) is 23.1. The summed E-state index contributed by atoms with van der Waals surface area (Å²) in [7, 11) is 5.47. The summed E-state index contributed by atoms with van der Waals surface area (Å²) in [6, 6.07) is 5.30. The van der Waals surface area contributed by atoms with Crippen molar-refractivity contribution in [3.05, 3.63) is 88.5 Å². The standard InChI is InChI=1S/C29H35N7O3/c1-7-9-20(10-8-2)28-32-29(38)36(33-28)22-11-13-35(14-12-22)25-17-23(30-18-31-25)27(37)21-15-19(3)26(34(4)5)24(16-21)39-6/h7-10,15-18,22H,1,11-14H2,2-6H3,(H,32,33,38)/b10-8-,20-9+. The summed E-state index contributed by atoms with van der Waals surface area (Å²) in [5.41, 5.74) is 3.26. The van der Waals surface area contributed by atoms with Crippen LogP contribution in [0, 0.1) is 6.92 Å². The minimum atomic E-state index is -0.233. The molecular weight excluding hydrogens is 494 g/mol. The van der Waals surface area contributed by atoms with Crippen LogP contribution in [0.1, 0.15) is 53.2 Å². The zero-order valence-electron chi connectivity index (χ0n) is 23.1. The van der Waals surface area contributed by atoms with Crippen LogP contribution in [0.15, 0.2) is 60.2 Å². The zero-order chi connectivity index (χ0) is 28.1. The number of aryl methyl sites for hydroxylation is 1. The number of ether oxygens (including phenoxy) is 1. The van der Waals surface area contributed by atoms with E-state index in [4.69, 9.17) is 4.74 Å². The molecule has 0 atom stereocenters. The second kappa shape index (κ2) is 11.9. The van der Waals surface area contributed by atoms with E-state index < -0.39 is 0 Å². The Balaban J connectivity index is 1.50. The molecule has 1 aromatic carbocycles. The first-order chi connectivity index (χ1) is 18.8.